The Labute approximate surface area is 78.6 Å². The third-order valence-corrected chi connectivity index (χ3v) is 1.96. The number of aliphatic hydroxyl groups excluding tert-OH is 1. The van der Waals surface area contributed by atoms with Gasteiger partial charge in [0.1, 0.15) is 0 Å². The van der Waals surface area contributed by atoms with E-state index in [1.54, 1.807) is 6.92 Å². The summed E-state index contributed by atoms with van der Waals surface area (Å²) in [6.45, 7) is 2.34. The lowest BCUT2D eigenvalue weighted by Crippen LogP contribution is -2.26. The molecule has 0 radical (unpaired) electrons. The van der Waals surface area contributed by atoms with E-state index in [2.05, 4.69) is 0 Å². The lowest BCUT2D eigenvalue weighted by molar-refractivity contribution is -0.119. The number of Topliss-reactive ketones (excluding diaryl/α,β-unsaturated/α-hetero) is 1. The zero-order valence-corrected chi connectivity index (χ0v) is 7.99. The molecule has 5 N–H and O–H groups in total. The van der Waals surface area contributed by atoms with Crippen molar-refractivity contribution in [1.29, 1.82) is 0 Å². The van der Waals surface area contributed by atoms with E-state index in [-0.39, 0.29) is 18.3 Å². The van der Waals surface area contributed by atoms with Crippen LogP contribution in [0.25, 0.3) is 0 Å². The summed E-state index contributed by atoms with van der Waals surface area (Å²) in [5, 5.41) is 8.59. The number of hydrogen-bond donors (Lipinski definition) is 3. The molecule has 0 bridgehead atoms. The summed E-state index contributed by atoms with van der Waals surface area (Å²) in [7, 11) is 0. The maximum absolute atomic E-state index is 11.5. The first kappa shape index (κ1) is 12.3. The van der Waals surface area contributed by atoms with E-state index >= 15 is 0 Å². The molecule has 0 saturated heterocycles. The Hall–Kier alpha value is -0.710. The van der Waals surface area contributed by atoms with Gasteiger partial charge < -0.3 is 16.6 Å². The van der Waals surface area contributed by atoms with Crippen LogP contribution in [-0.4, -0.2) is 30.6 Å². The second-order valence-corrected chi connectivity index (χ2v) is 2.94. The van der Waals surface area contributed by atoms with Gasteiger partial charge in [-0.15, -0.1) is 0 Å². The van der Waals surface area contributed by atoms with Crippen LogP contribution in [0, 0.1) is 5.92 Å². The fraction of sp³-hybridized carbons (Fsp3) is 0.667. The fourth-order valence-corrected chi connectivity index (χ4v) is 1.12. The molecule has 4 heteroatoms. The summed E-state index contributed by atoms with van der Waals surface area (Å²) in [4.78, 5) is 11.5. The summed E-state index contributed by atoms with van der Waals surface area (Å²) in [5.74, 6) is -0.213. The Morgan fingerprint density at radius 1 is 1.54 bits per heavy atom. The smallest absolute Gasteiger partial charge is 0.162 e. The normalized spacial score (nSPS) is 14.3. The fourth-order valence-electron chi connectivity index (χ4n) is 1.12. The van der Waals surface area contributed by atoms with Crippen molar-refractivity contribution in [2.24, 2.45) is 17.4 Å². The number of allylic oxidation sites excluding steroid dienone is 1. The average molecular weight is 186 g/mol. The van der Waals surface area contributed by atoms with Crippen LogP contribution in [0.5, 0.6) is 0 Å². The molecule has 4 nitrogen and oxygen atoms in total. The van der Waals surface area contributed by atoms with Crippen molar-refractivity contribution in [2.75, 3.05) is 19.7 Å². The van der Waals surface area contributed by atoms with E-state index in [0.717, 1.165) is 0 Å². The first-order valence-corrected chi connectivity index (χ1v) is 4.39. The van der Waals surface area contributed by atoms with Crippen molar-refractivity contribution in [3.05, 3.63) is 11.6 Å². The molecule has 0 spiro atoms. The van der Waals surface area contributed by atoms with E-state index in [0.29, 0.717) is 25.1 Å². The molecule has 0 rings (SSSR count). The molecule has 13 heavy (non-hydrogen) atoms. The van der Waals surface area contributed by atoms with Gasteiger partial charge in [0, 0.05) is 12.5 Å². The molecule has 1 unspecified atom stereocenters. The minimum absolute atomic E-state index is 0.0120. The van der Waals surface area contributed by atoms with Crippen LogP contribution in [0.4, 0.5) is 0 Å². The van der Waals surface area contributed by atoms with Gasteiger partial charge in [-0.1, -0.05) is 6.08 Å². The SMILES string of the molecule is C/C(=C\CO)C(=O)C(CN)CCN. The number of rotatable bonds is 6. The van der Waals surface area contributed by atoms with Crippen LogP contribution < -0.4 is 11.5 Å². The second kappa shape index (κ2) is 6.77. The zero-order chi connectivity index (χ0) is 10.3. The zero-order valence-electron chi connectivity index (χ0n) is 7.99. The van der Waals surface area contributed by atoms with Gasteiger partial charge in [-0.05, 0) is 25.5 Å². The van der Waals surface area contributed by atoms with Gasteiger partial charge in [0.05, 0.1) is 6.61 Å². The van der Waals surface area contributed by atoms with E-state index in [1.165, 1.54) is 6.08 Å². The average Bonchev–Trinajstić information content (AvgIpc) is 2.13. The number of carbonyl (C=O) groups is 1. The Balaban J connectivity index is 4.27. The third kappa shape index (κ3) is 4.17. The highest BCUT2D eigenvalue weighted by Crippen LogP contribution is 2.08. The van der Waals surface area contributed by atoms with Gasteiger partial charge in [0.15, 0.2) is 5.78 Å². The van der Waals surface area contributed by atoms with Crippen LogP contribution in [0.1, 0.15) is 13.3 Å². The van der Waals surface area contributed by atoms with Crippen molar-refractivity contribution in [2.45, 2.75) is 13.3 Å². The van der Waals surface area contributed by atoms with Crippen LogP contribution in [0.3, 0.4) is 0 Å². The molecule has 1 atom stereocenters. The molecule has 0 heterocycles. The van der Waals surface area contributed by atoms with Gasteiger partial charge in [-0.3, -0.25) is 4.79 Å². The number of carbonyl (C=O) groups excluding carboxylic acids is 1. The molecule has 0 fully saturated rings. The maximum atomic E-state index is 11.5. The Morgan fingerprint density at radius 3 is 2.54 bits per heavy atom. The molecule has 76 valence electrons. The lowest BCUT2D eigenvalue weighted by atomic mass is 9.95. The van der Waals surface area contributed by atoms with Crippen molar-refractivity contribution in [3.63, 3.8) is 0 Å². The Kier molecular flexibility index (Phi) is 6.40. The van der Waals surface area contributed by atoms with Crippen LogP contribution >= 0.6 is 0 Å². The molecule has 0 aliphatic heterocycles. The number of ketones is 1. The van der Waals surface area contributed by atoms with Crippen LogP contribution in [0.2, 0.25) is 0 Å². The summed E-state index contributed by atoms with van der Waals surface area (Å²) in [6, 6.07) is 0. The van der Waals surface area contributed by atoms with E-state index < -0.39 is 0 Å². The van der Waals surface area contributed by atoms with Crippen molar-refractivity contribution in [3.8, 4) is 0 Å². The van der Waals surface area contributed by atoms with Gasteiger partial charge in [0.2, 0.25) is 0 Å². The highest BCUT2D eigenvalue weighted by atomic mass is 16.2. The summed E-state index contributed by atoms with van der Waals surface area (Å²) in [5.41, 5.74) is 11.3. The first-order valence-electron chi connectivity index (χ1n) is 4.39. The molecule has 0 amide bonds. The van der Waals surface area contributed by atoms with Crippen molar-refractivity contribution in [1.82, 2.24) is 0 Å². The van der Waals surface area contributed by atoms with Crippen molar-refractivity contribution >= 4 is 5.78 Å². The highest BCUT2D eigenvalue weighted by Gasteiger charge is 2.16. The molecule has 0 saturated carbocycles. The summed E-state index contributed by atoms with van der Waals surface area (Å²) in [6.07, 6.45) is 2.09. The predicted molar refractivity (Wildman–Crippen MR) is 52.1 cm³/mol. The minimum Gasteiger partial charge on any atom is -0.392 e. The summed E-state index contributed by atoms with van der Waals surface area (Å²) >= 11 is 0. The quantitative estimate of drug-likeness (QED) is 0.484. The molecule has 0 aliphatic rings. The standard InChI is InChI=1S/C9H18N2O2/c1-7(3-5-12)9(13)8(6-11)2-4-10/h3,8,12H,2,4-6,10-11H2,1H3/b7-3+. The van der Waals surface area contributed by atoms with E-state index in [9.17, 15) is 4.79 Å². The monoisotopic (exact) mass is 186 g/mol. The van der Waals surface area contributed by atoms with Crippen LogP contribution in [-0.2, 0) is 4.79 Å². The second-order valence-electron chi connectivity index (χ2n) is 2.94. The lowest BCUT2D eigenvalue weighted by Gasteiger charge is -2.12. The van der Waals surface area contributed by atoms with Gasteiger partial charge >= 0.3 is 0 Å². The van der Waals surface area contributed by atoms with Crippen molar-refractivity contribution < 1.29 is 9.90 Å². The topological polar surface area (TPSA) is 89.3 Å². The Bertz CT molecular complexity index is 190. The number of hydrogen-bond acceptors (Lipinski definition) is 4. The molecular weight excluding hydrogens is 168 g/mol. The largest absolute Gasteiger partial charge is 0.392 e. The first-order chi connectivity index (χ1) is 6.17. The van der Waals surface area contributed by atoms with Gasteiger partial charge in [-0.2, -0.15) is 0 Å². The van der Waals surface area contributed by atoms with E-state index in [1.807, 2.05) is 0 Å². The van der Waals surface area contributed by atoms with Gasteiger partial charge in [-0.25, -0.2) is 0 Å². The molecule has 0 aromatic heterocycles. The van der Waals surface area contributed by atoms with E-state index in [4.69, 9.17) is 16.6 Å². The molecule has 0 aromatic rings. The maximum Gasteiger partial charge on any atom is 0.162 e. The Morgan fingerprint density at radius 2 is 2.15 bits per heavy atom. The number of nitrogens with two attached hydrogens (primary N) is 2. The van der Waals surface area contributed by atoms with Crippen LogP contribution in [0.15, 0.2) is 11.6 Å². The predicted octanol–water partition coefficient (Wildman–Crippen LogP) is -0.582. The molecule has 0 aromatic carbocycles. The minimum atomic E-state index is -0.201. The third-order valence-electron chi connectivity index (χ3n) is 1.96. The number of aliphatic hydroxyl groups is 1. The summed E-state index contributed by atoms with van der Waals surface area (Å²) < 4.78 is 0. The highest BCUT2D eigenvalue weighted by molar-refractivity contribution is 5.96. The molecule has 0 aliphatic carbocycles. The van der Waals surface area contributed by atoms with Gasteiger partial charge in [0.25, 0.3) is 0 Å². The molecular formula is C9H18N2O2.